The lowest BCUT2D eigenvalue weighted by Gasteiger charge is -2.39. The summed E-state index contributed by atoms with van der Waals surface area (Å²) in [5, 5.41) is 4.35. The molecular weight excluding hydrogens is 276 g/mol. The van der Waals surface area contributed by atoms with Crippen LogP contribution in [0.1, 0.15) is 52.1 Å². The highest BCUT2D eigenvalue weighted by Gasteiger charge is 2.25. The molecule has 3 unspecified atom stereocenters. The molecule has 0 bridgehead atoms. The van der Waals surface area contributed by atoms with Crippen LogP contribution in [0, 0.1) is 0 Å². The van der Waals surface area contributed by atoms with Crippen LogP contribution in [0.2, 0.25) is 0 Å². The largest absolute Gasteiger partial charge is 0.367 e. The summed E-state index contributed by atoms with van der Waals surface area (Å²) in [7, 11) is 0. The van der Waals surface area contributed by atoms with E-state index in [1.807, 2.05) is 0 Å². The molecule has 0 saturated carbocycles. The molecule has 0 amide bonds. The lowest BCUT2D eigenvalue weighted by atomic mass is 10.0. The summed E-state index contributed by atoms with van der Waals surface area (Å²) < 4.78 is 0. The molecule has 1 aliphatic rings. The Morgan fingerprint density at radius 2 is 1.95 bits per heavy atom. The molecule has 0 aromatic heterocycles. The summed E-state index contributed by atoms with van der Waals surface area (Å²) in [5.41, 5.74) is 2.80. The maximum absolute atomic E-state index is 3.63. The second-order valence-electron chi connectivity index (χ2n) is 6.02. The van der Waals surface area contributed by atoms with Crippen molar-refractivity contribution in [1.29, 1.82) is 0 Å². The van der Waals surface area contributed by atoms with Gasteiger partial charge in [0.2, 0.25) is 0 Å². The Hall–Kier alpha value is -0.670. The fourth-order valence-electron chi connectivity index (χ4n) is 3.01. The van der Waals surface area contributed by atoms with Crippen molar-refractivity contribution in [3.63, 3.8) is 0 Å². The van der Waals surface area contributed by atoms with Gasteiger partial charge in [-0.25, -0.2) is 0 Å². The van der Waals surface area contributed by atoms with Gasteiger partial charge in [-0.05, 0) is 44.0 Å². The minimum Gasteiger partial charge on any atom is -0.367 e. The van der Waals surface area contributed by atoms with E-state index in [0.717, 1.165) is 13.0 Å². The lowest BCUT2D eigenvalue weighted by Crippen LogP contribution is -2.44. The van der Waals surface area contributed by atoms with Crippen LogP contribution in [0.25, 0.3) is 0 Å². The Morgan fingerprint density at radius 1 is 1.24 bits per heavy atom. The predicted molar refractivity (Wildman–Crippen MR) is 96.5 cm³/mol. The number of hydrogen-bond donors (Lipinski definition) is 1. The molecule has 118 valence electrons. The molecule has 1 heterocycles. The van der Waals surface area contributed by atoms with Crippen molar-refractivity contribution in [2.45, 2.75) is 57.9 Å². The maximum atomic E-state index is 3.63. The van der Waals surface area contributed by atoms with Crippen LogP contribution in [-0.2, 0) is 0 Å². The summed E-state index contributed by atoms with van der Waals surface area (Å²) in [6, 6.07) is 10.4. The Bertz CT molecular complexity index is 418. The average molecular weight is 307 g/mol. The third-order valence-corrected chi connectivity index (χ3v) is 5.90. The highest BCUT2D eigenvalue weighted by molar-refractivity contribution is 8.00. The fraction of sp³-hybridized carbons (Fsp3) is 0.667. The van der Waals surface area contributed by atoms with Crippen molar-refractivity contribution in [2.75, 3.05) is 23.7 Å². The monoisotopic (exact) mass is 306 g/mol. The minimum absolute atomic E-state index is 0.493. The first-order valence-electron chi connectivity index (χ1n) is 8.39. The number of anilines is 1. The van der Waals surface area contributed by atoms with Crippen LogP contribution in [-0.4, -0.2) is 30.1 Å². The van der Waals surface area contributed by atoms with E-state index < -0.39 is 0 Å². The number of thioether (sulfide) groups is 1. The molecule has 3 heteroatoms. The van der Waals surface area contributed by atoms with Gasteiger partial charge in [-0.1, -0.05) is 32.9 Å². The summed E-state index contributed by atoms with van der Waals surface area (Å²) in [4.78, 5) is 2.56. The normalized spacial score (nSPS) is 24.1. The molecule has 2 rings (SSSR count). The van der Waals surface area contributed by atoms with E-state index >= 15 is 0 Å². The smallest absolute Gasteiger partial charge is 0.0378 e. The summed E-state index contributed by atoms with van der Waals surface area (Å²) in [6.07, 6.45) is 2.34. The molecule has 21 heavy (non-hydrogen) atoms. The third kappa shape index (κ3) is 4.17. The van der Waals surface area contributed by atoms with E-state index in [4.69, 9.17) is 0 Å². The molecule has 1 aromatic carbocycles. The number of rotatable bonds is 6. The first-order chi connectivity index (χ1) is 10.2. The number of nitrogens with one attached hydrogen (secondary N) is 1. The van der Waals surface area contributed by atoms with Gasteiger partial charge >= 0.3 is 0 Å². The molecule has 0 spiro atoms. The van der Waals surface area contributed by atoms with Gasteiger partial charge in [0.1, 0.15) is 0 Å². The Morgan fingerprint density at radius 3 is 2.57 bits per heavy atom. The molecule has 0 radical (unpaired) electrons. The van der Waals surface area contributed by atoms with Crippen molar-refractivity contribution in [3.8, 4) is 0 Å². The van der Waals surface area contributed by atoms with Crippen LogP contribution in [0.4, 0.5) is 5.69 Å². The van der Waals surface area contributed by atoms with Crippen LogP contribution in [0.15, 0.2) is 24.3 Å². The molecule has 1 fully saturated rings. The van der Waals surface area contributed by atoms with Crippen LogP contribution in [0.5, 0.6) is 0 Å². The van der Waals surface area contributed by atoms with Gasteiger partial charge in [0.05, 0.1) is 0 Å². The Labute approximate surface area is 134 Å². The van der Waals surface area contributed by atoms with Gasteiger partial charge in [0.15, 0.2) is 0 Å². The maximum Gasteiger partial charge on any atom is 0.0378 e. The molecule has 1 aromatic rings. The summed E-state index contributed by atoms with van der Waals surface area (Å²) in [5.74, 6) is 1.24. The van der Waals surface area contributed by atoms with Gasteiger partial charge < -0.3 is 10.2 Å². The van der Waals surface area contributed by atoms with Gasteiger partial charge in [-0.3, -0.25) is 0 Å². The first kappa shape index (κ1) is 16.7. The zero-order chi connectivity index (χ0) is 15.2. The molecule has 1 N–H and O–H groups in total. The summed E-state index contributed by atoms with van der Waals surface area (Å²) in [6.45, 7) is 11.4. The van der Waals surface area contributed by atoms with Crippen LogP contribution in [0.3, 0.4) is 0 Å². The third-order valence-electron chi connectivity index (χ3n) is 4.56. The Balaban J connectivity index is 2.07. The molecular formula is C18H30N2S. The lowest BCUT2D eigenvalue weighted by molar-refractivity contribution is 0.518. The SMILES string of the molecule is CCCNC(CC)c1ccc(N2CCSC(C)C2C)cc1. The number of nitrogens with zero attached hydrogens (tertiary/aromatic N) is 1. The van der Waals surface area contributed by atoms with E-state index in [2.05, 4.69) is 73.9 Å². The highest BCUT2D eigenvalue weighted by Crippen LogP contribution is 2.30. The second kappa shape index (κ2) is 8.09. The highest BCUT2D eigenvalue weighted by atomic mass is 32.2. The minimum atomic E-state index is 0.493. The fourth-order valence-corrected chi connectivity index (χ4v) is 4.11. The van der Waals surface area contributed by atoms with Crippen molar-refractivity contribution in [3.05, 3.63) is 29.8 Å². The van der Waals surface area contributed by atoms with Gasteiger partial charge in [0, 0.05) is 35.3 Å². The van der Waals surface area contributed by atoms with Crippen molar-refractivity contribution < 1.29 is 0 Å². The first-order valence-corrected chi connectivity index (χ1v) is 9.43. The van der Waals surface area contributed by atoms with Gasteiger partial charge in [0.25, 0.3) is 0 Å². The molecule has 0 aliphatic carbocycles. The predicted octanol–water partition coefficient (Wildman–Crippen LogP) is 4.47. The zero-order valence-corrected chi connectivity index (χ0v) is 14.7. The van der Waals surface area contributed by atoms with E-state index in [0.29, 0.717) is 17.3 Å². The topological polar surface area (TPSA) is 15.3 Å². The zero-order valence-electron chi connectivity index (χ0n) is 13.9. The van der Waals surface area contributed by atoms with Gasteiger partial charge in [-0.15, -0.1) is 0 Å². The van der Waals surface area contributed by atoms with E-state index in [1.165, 1.54) is 30.0 Å². The molecule has 2 nitrogen and oxygen atoms in total. The number of hydrogen-bond acceptors (Lipinski definition) is 3. The molecule has 1 saturated heterocycles. The van der Waals surface area contributed by atoms with Crippen LogP contribution < -0.4 is 10.2 Å². The van der Waals surface area contributed by atoms with Crippen molar-refractivity contribution in [1.82, 2.24) is 5.32 Å². The van der Waals surface area contributed by atoms with Crippen molar-refractivity contribution in [2.24, 2.45) is 0 Å². The van der Waals surface area contributed by atoms with E-state index in [-0.39, 0.29) is 0 Å². The summed E-state index contributed by atoms with van der Waals surface area (Å²) >= 11 is 2.09. The van der Waals surface area contributed by atoms with E-state index in [9.17, 15) is 0 Å². The van der Waals surface area contributed by atoms with Crippen molar-refractivity contribution >= 4 is 17.4 Å². The van der Waals surface area contributed by atoms with Gasteiger partial charge in [-0.2, -0.15) is 11.8 Å². The van der Waals surface area contributed by atoms with Crippen LogP contribution >= 0.6 is 11.8 Å². The molecule has 3 atom stereocenters. The standard InChI is InChI=1S/C18H30N2S/c1-5-11-19-18(6-2)16-7-9-17(10-8-16)20-12-13-21-15(4)14(20)3/h7-10,14-15,18-19H,5-6,11-13H2,1-4H3. The Kier molecular flexibility index (Phi) is 6.43. The second-order valence-corrected chi connectivity index (χ2v) is 7.50. The quantitative estimate of drug-likeness (QED) is 0.835. The average Bonchev–Trinajstić information content (AvgIpc) is 2.51. The molecule has 1 aliphatic heterocycles. The van der Waals surface area contributed by atoms with E-state index in [1.54, 1.807) is 0 Å². The number of benzene rings is 1.